The van der Waals surface area contributed by atoms with E-state index >= 15 is 0 Å². The van der Waals surface area contributed by atoms with Crippen LogP contribution in [0.3, 0.4) is 0 Å². The van der Waals surface area contributed by atoms with E-state index in [1.807, 2.05) is 0 Å². The smallest absolute Gasteiger partial charge is 0.220 e. The molecule has 0 aromatic rings. The van der Waals surface area contributed by atoms with Crippen LogP contribution in [0, 0.1) is 11.8 Å². The van der Waals surface area contributed by atoms with Crippen LogP contribution in [0.5, 0.6) is 0 Å². The first-order valence-corrected chi connectivity index (χ1v) is 6.74. The van der Waals surface area contributed by atoms with Crippen LogP contribution < -0.4 is 10.6 Å². The van der Waals surface area contributed by atoms with E-state index in [9.17, 15) is 4.79 Å². The molecule has 2 aliphatic rings. The average molecular weight is 224 g/mol. The molecule has 3 nitrogen and oxygen atoms in total. The number of carbonyl (C=O) groups excluding carboxylic acids is 1. The summed E-state index contributed by atoms with van der Waals surface area (Å²) in [4.78, 5) is 11.7. The van der Waals surface area contributed by atoms with Crippen LogP contribution in [0.1, 0.15) is 45.4 Å². The van der Waals surface area contributed by atoms with Gasteiger partial charge in [-0.2, -0.15) is 0 Å². The van der Waals surface area contributed by atoms with E-state index in [4.69, 9.17) is 0 Å². The molecule has 1 heterocycles. The van der Waals surface area contributed by atoms with Gasteiger partial charge in [0.05, 0.1) is 0 Å². The van der Waals surface area contributed by atoms with E-state index < -0.39 is 0 Å². The minimum atomic E-state index is 0.274. The molecule has 0 spiro atoms. The normalized spacial score (nSPS) is 30.8. The molecule has 0 bridgehead atoms. The highest BCUT2D eigenvalue weighted by atomic mass is 16.1. The summed E-state index contributed by atoms with van der Waals surface area (Å²) in [5.74, 6) is 1.86. The molecule has 0 unspecified atom stereocenters. The summed E-state index contributed by atoms with van der Waals surface area (Å²) in [7, 11) is 0. The van der Waals surface area contributed by atoms with Crippen molar-refractivity contribution >= 4 is 5.91 Å². The number of amides is 1. The highest BCUT2D eigenvalue weighted by Crippen LogP contribution is 2.26. The van der Waals surface area contributed by atoms with Gasteiger partial charge in [-0.3, -0.25) is 4.79 Å². The minimum absolute atomic E-state index is 0.274. The SMILES string of the molecule is CC1CC(NC(=O)CCC2CCNCC2)C1. The molecular weight excluding hydrogens is 200 g/mol. The molecule has 0 atom stereocenters. The summed E-state index contributed by atoms with van der Waals surface area (Å²) in [6, 6.07) is 0.482. The number of nitrogens with one attached hydrogen (secondary N) is 2. The van der Waals surface area contributed by atoms with Crippen molar-refractivity contribution in [2.24, 2.45) is 11.8 Å². The summed E-state index contributed by atoms with van der Waals surface area (Å²) in [5.41, 5.74) is 0. The number of carbonyl (C=O) groups is 1. The van der Waals surface area contributed by atoms with Crippen molar-refractivity contribution in [2.45, 2.75) is 51.5 Å². The molecule has 2 fully saturated rings. The van der Waals surface area contributed by atoms with Crippen LogP contribution >= 0.6 is 0 Å². The molecule has 1 saturated heterocycles. The Hall–Kier alpha value is -0.570. The van der Waals surface area contributed by atoms with Gasteiger partial charge in [0, 0.05) is 12.5 Å². The zero-order valence-electron chi connectivity index (χ0n) is 10.3. The Morgan fingerprint density at radius 2 is 2.00 bits per heavy atom. The third-order valence-electron chi connectivity index (χ3n) is 3.98. The van der Waals surface area contributed by atoms with E-state index in [2.05, 4.69) is 17.6 Å². The van der Waals surface area contributed by atoms with Gasteiger partial charge in [-0.15, -0.1) is 0 Å². The molecule has 1 aliphatic carbocycles. The molecule has 1 aliphatic heterocycles. The zero-order valence-corrected chi connectivity index (χ0v) is 10.3. The molecule has 0 radical (unpaired) electrons. The average Bonchev–Trinajstić information content (AvgIpc) is 2.26. The van der Waals surface area contributed by atoms with E-state index in [1.165, 1.54) is 25.7 Å². The van der Waals surface area contributed by atoms with Crippen molar-refractivity contribution in [1.82, 2.24) is 10.6 Å². The summed E-state index contributed by atoms with van der Waals surface area (Å²) >= 11 is 0. The lowest BCUT2D eigenvalue weighted by atomic mass is 9.82. The second-order valence-electron chi connectivity index (χ2n) is 5.57. The molecule has 2 rings (SSSR count). The van der Waals surface area contributed by atoms with E-state index in [0.717, 1.165) is 37.8 Å². The Morgan fingerprint density at radius 3 is 2.62 bits per heavy atom. The van der Waals surface area contributed by atoms with Crippen LogP contribution in [0.4, 0.5) is 0 Å². The lowest BCUT2D eigenvalue weighted by Gasteiger charge is -2.33. The van der Waals surface area contributed by atoms with Gasteiger partial charge in [-0.1, -0.05) is 6.92 Å². The quantitative estimate of drug-likeness (QED) is 0.763. The third-order valence-corrected chi connectivity index (χ3v) is 3.98. The third kappa shape index (κ3) is 3.48. The van der Waals surface area contributed by atoms with Crippen molar-refractivity contribution in [1.29, 1.82) is 0 Å². The van der Waals surface area contributed by atoms with Crippen LogP contribution in [0.25, 0.3) is 0 Å². The van der Waals surface area contributed by atoms with Gasteiger partial charge < -0.3 is 10.6 Å². The molecule has 2 N–H and O–H groups in total. The van der Waals surface area contributed by atoms with Crippen molar-refractivity contribution < 1.29 is 4.79 Å². The van der Waals surface area contributed by atoms with Gasteiger partial charge >= 0.3 is 0 Å². The lowest BCUT2D eigenvalue weighted by molar-refractivity contribution is -0.122. The molecule has 0 aromatic heterocycles. The maximum Gasteiger partial charge on any atom is 0.220 e. The Balaban J connectivity index is 1.56. The molecular formula is C13H24N2O. The van der Waals surface area contributed by atoms with E-state index in [0.29, 0.717) is 6.04 Å². The fraction of sp³-hybridized carbons (Fsp3) is 0.923. The largest absolute Gasteiger partial charge is 0.353 e. The molecule has 0 aromatic carbocycles. The van der Waals surface area contributed by atoms with Gasteiger partial charge in [0.15, 0.2) is 0 Å². The standard InChI is InChI=1S/C13H24N2O/c1-10-8-12(9-10)15-13(16)3-2-11-4-6-14-7-5-11/h10-12,14H,2-9H2,1H3,(H,15,16). The van der Waals surface area contributed by atoms with Gasteiger partial charge in [0.25, 0.3) is 0 Å². The molecule has 1 saturated carbocycles. The first-order valence-electron chi connectivity index (χ1n) is 6.74. The topological polar surface area (TPSA) is 41.1 Å². The van der Waals surface area contributed by atoms with Crippen LogP contribution in [-0.2, 0) is 4.79 Å². The second kappa shape index (κ2) is 5.67. The monoisotopic (exact) mass is 224 g/mol. The Bertz CT molecular complexity index is 230. The van der Waals surface area contributed by atoms with Crippen LogP contribution in [0.2, 0.25) is 0 Å². The van der Waals surface area contributed by atoms with Crippen molar-refractivity contribution in [2.75, 3.05) is 13.1 Å². The first-order chi connectivity index (χ1) is 7.74. The Labute approximate surface area is 98.4 Å². The van der Waals surface area contributed by atoms with E-state index in [1.54, 1.807) is 0 Å². The van der Waals surface area contributed by atoms with Crippen molar-refractivity contribution in [3.8, 4) is 0 Å². The molecule has 1 amide bonds. The zero-order chi connectivity index (χ0) is 11.4. The fourth-order valence-corrected chi connectivity index (χ4v) is 2.83. The molecule has 3 heteroatoms. The van der Waals surface area contributed by atoms with Crippen molar-refractivity contribution in [3.05, 3.63) is 0 Å². The first kappa shape index (κ1) is 11.9. The maximum atomic E-state index is 11.7. The van der Waals surface area contributed by atoms with Gasteiger partial charge in [-0.25, -0.2) is 0 Å². The van der Waals surface area contributed by atoms with Crippen LogP contribution in [-0.4, -0.2) is 25.0 Å². The van der Waals surface area contributed by atoms with Gasteiger partial charge in [0.2, 0.25) is 5.91 Å². The molecule has 16 heavy (non-hydrogen) atoms. The number of hydrogen-bond donors (Lipinski definition) is 2. The highest BCUT2D eigenvalue weighted by Gasteiger charge is 2.26. The Morgan fingerprint density at radius 1 is 1.31 bits per heavy atom. The predicted molar refractivity (Wildman–Crippen MR) is 65.2 cm³/mol. The minimum Gasteiger partial charge on any atom is -0.353 e. The second-order valence-corrected chi connectivity index (χ2v) is 5.57. The number of piperidine rings is 1. The van der Waals surface area contributed by atoms with Crippen LogP contribution in [0.15, 0.2) is 0 Å². The van der Waals surface area contributed by atoms with Gasteiger partial charge in [-0.05, 0) is 57.0 Å². The summed E-state index contributed by atoms with van der Waals surface area (Å²) in [5, 5.41) is 6.49. The van der Waals surface area contributed by atoms with E-state index in [-0.39, 0.29) is 5.91 Å². The number of rotatable bonds is 4. The highest BCUT2D eigenvalue weighted by molar-refractivity contribution is 5.76. The van der Waals surface area contributed by atoms with Crippen molar-refractivity contribution in [3.63, 3.8) is 0 Å². The number of hydrogen-bond acceptors (Lipinski definition) is 2. The Kier molecular flexibility index (Phi) is 4.22. The fourth-order valence-electron chi connectivity index (χ4n) is 2.83. The maximum absolute atomic E-state index is 11.7. The summed E-state index contributed by atoms with van der Waals surface area (Å²) in [6.07, 6.45) is 6.66. The summed E-state index contributed by atoms with van der Waals surface area (Å²) < 4.78 is 0. The molecule has 92 valence electrons. The predicted octanol–water partition coefficient (Wildman–Crippen LogP) is 1.68. The lowest BCUT2D eigenvalue weighted by Crippen LogP contribution is -2.43. The summed E-state index contributed by atoms with van der Waals surface area (Å²) in [6.45, 7) is 4.51. The van der Waals surface area contributed by atoms with Gasteiger partial charge in [0.1, 0.15) is 0 Å².